The highest BCUT2D eigenvalue weighted by atomic mass is 16.2. The maximum atomic E-state index is 13.4. The maximum absolute atomic E-state index is 13.4. The molecule has 1 atom stereocenters. The number of nitrogens with one attached hydrogen (secondary N) is 1. The second-order valence-electron chi connectivity index (χ2n) is 8.59. The van der Waals surface area contributed by atoms with Crippen LogP contribution in [0, 0.1) is 27.7 Å². The SMILES string of the molecule is Cc1ccc(CN2C(=O)C3N=CC=CC3=[N+](CC(=O)Nc3c(C)cc(C)cc3C)C2=O)cc1. The number of imide groups is 1. The molecule has 0 radical (unpaired) electrons. The summed E-state index contributed by atoms with van der Waals surface area (Å²) in [5.74, 6) is -0.727. The molecule has 2 aromatic rings. The molecule has 0 saturated carbocycles. The van der Waals surface area contributed by atoms with E-state index in [4.69, 9.17) is 0 Å². The molecule has 2 aliphatic heterocycles. The first-order chi connectivity index (χ1) is 15.7. The zero-order chi connectivity index (χ0) is 23.7. The summed E-state index contributed by atoms with van der Waals surface area (Å²) in [4.78, 5) is 44.9. The first-order valence-corrected chi connectivity index (χ1v) is 10.9. The third-order valence-electron chi connectivity index (χ3n) is 5.85. The molecule has 1 unspecified atom stereocenters. The van der Waals surface area contributed by atoms with E-state index < -0.39 is 18.0 Å². The van der Waals surface area contributed by atoms with Gasteiger partial charge in [0, 0.05) is 11.9 Å². The van der Waals surface area contributed by atoms with E-state index in [1.807, 2.05) is 64.1 Å². The van der Waals surface area contributed by atoms with Crippen LogP contribution in [-0.2, 0) is 16.1 Å². The number of hydrogen-bond acceptors (Lipinski definition) is 4. The standard InChI is InChI=1S/C26H26N4O3/c1-16-7-9-20(10-8-16)14-30-25(32)24-21(6-5-11-27-24)29(26(30)33)15-22(31)28-23-18(3)12-17(2)13-19(23)4/h5-13,24H,14-15H2,1-4H3/p+1. The molecular weight excluding hydrogens is 416 g/mol. The van der Waals surface area contributed by atoms with Crippen LogP contribution < -0.4 is 5.32 Å². The number of amides is 4. The van der Waals surface area contributed by atoms with Crippen molar-refractivity contribution in [2.75, 3.05) is 11.9 Å². The van der Waals surface area contributed by atoms with Crippen LogP contribution in [0.2, 0.25) is 0 Å². The average molecular weight is 444 g/mol. The van der Waals surface area contributed by atoms with E-state index in [2.05, 4.69) is 10.3 Å². The summed E-state index contributed by atoms with van der Waals surface area (Å²) in [6, 6.07) is 10.3. The fraction of sp³-hybridized carbons (Fsp3) is 0.269. The predicted molar refractivity (Wildman–Crippen MR) is 128 cm³/mol. The second kappa shape index (κ2) is 8.94. The zero-order valence-corrected chi connectivity index (χ0v) is 19.3. The lowest BCUT2D eigenvalue weighted by Crippen LogP contribution is -2.57. The summed E-state index contributed by atoms with van der Waals surface area (Å²) in [7, 11) is 0. The zero-order valence-electron chi connectivity index (χ0n) is 19.3. The summed E-state index contributed by atoms with van der Waals surface area (Å²) in [5.41, 5.74) is 6.10. The van der Waals surface area contributed by atoms with Gasteiger partial charge in [0.25, 0.3) is 5.91 Å². The van der Waals surface area contributed by atoms with Crippen molar-refractivity contribution in [3.63, 3.8) is 0 Å². The van der Waals surface area contributed by atoms with E-state index in [0.29, 0.717) is 5.71 Å². The van der Waals surface area contributed by atoms with Crippen molar-refractivity contribution in [3.8, 4) is 0 Å². The normalized spacial score (nSPS) is 17.5. The molecule has 4 amide bonds. The van der Waals surface area contributed by atoms with Gasteiger partial charge in [-0.2, -0.15) is 14.3 Å². The van der Waals surface area contributed by atoms with E-state index in [1.54, 1.807) is 18.4 Å². The summed E-state index contributed by atoms with van der Waals surface area (Å²) >= 11 is 0. The van der Waals surface area contributed by atoms with Gasteiger partial charge in [0.1, 0.15) is 12.3 Å². The molecule has 2 aromatic carbocycles. The summed E-state index contributed by atoms with van der Waals surface area (Å²) in [6.45, 7) is 7.76. The molecule has 1 N–H and O–H groups in total. The molecule has 33 heavy (non-hydrogen) atoms. The van der Waals surface area contributed by atoms with E-state index in [0.717, 1.165) is 33.5 Å². The molecule has 4 rings (SSSR count). The monoisotopic (exact) mass is 443 g/mol. The van der Waals surface area contributed by atoms with Gasteiger partial charge in [-0.3, -0.25) is 9.79 Å². The van der Waals surface area contributed by atoms with Gasteiger partial charge in [-0.05, 0) is 56.5 Å². The Balaban J connectivity index is 1.62. The van der Waals surface area contributed by atoms with Gasteiger partial charge in [-0.1, -0.05) is 47.5 Å². The number of nitrogens with zero attached hydrogens (tertiary/aromatic N) is 3. The highest BCUT2D eigenvalue weighted by molar-refractivity contribution is 6.20. The molecule has 2 aliphatic rings. The lowest BCUT2D eigenvalue weighted by Gasteiger charge is -2.26. The predicted octanol–water partition coefficient (Wildman–Crippen LogP) is 3.48. The first-order valence-electron chi connectivity index (χ1n) is 10.9. The van der Waals surface area contributed by atoms with Gasteiger partial charge < -0.3 is 5.32 Å². The van der Waals surface area contributed by atoms with Gasteiger partial charge in [-0.15, -0.1) is 0 Å². The summed E-state index contributed by atoms with van der Waals surface area (Å²) < 4.78 is 1.35. The van der Waals surface area contributed by atoms with Crippen LogP contribution in [-0.4, -0.2) is 51.8 Å². The molecule has 7 nitrogen and oxygen atoms in total. The number of dihydropyridines is 1. The van der Waals surface area contributed by atoms with E-state index >= 15 is 0 Å². The molecule has 0 aliphatic carbocycles. The Bertz CT molecular complexity index is 1220. The van der Waals surface area contributed by atoms with Gasteiger partial charge in [-0.25, -0.2) is 4.79 Å². The highest BCUT2D eigenvalue weighted by Gasteiger charge is 2.48. The third-order valence-corrected chi connectivity index (χ3v) is 5.85. The van der Waals surface area contributed by atoms with Gasteiger partial charge >= 0.3 is 11.9 Å². The third kappa shape index (κ3) is 4.53. The van der Waals surface area contributed by atoms with Crippen LogP contribution in [0.3, 0.4) is 0 Å². The molecule has 2 heterocycles. The van der Waals surface area contributed by atoms with Crippen LogP contribution in [0.1, 0.15) is 27.8 Å². The lowest BCUT2D eigenvalue weighted by atomic mass is 10.0. The van der Waals surface area contributed by atoms with Gasteiger partial charge in [0.2, 0.25) is 6.04 Å². The number of aryl methyl sites for hydroxylation is 4. The average Bonchev–Trinajstić information content (AvgIpc) is 2.78. The first kappa shape index (κ1) is 22.3. The van der Waals surface area contributed by atoms with Crippen molar-refractivity contribution in [1.82, 2.24) is 4.90 Å². The van der Waals surface area contributed by atoms with Crippen molar-refractivity contribution in [2.45, 2.75) is 40.3 Å². The van der Waals surface area contributed by atoms with Crippen molar-refractivity contribution in [2.24, 2.45) is 4.99 Å². The maximum Gasteiger partial charge on any atom is 0.501 e. The number of benzene rings is 2. The second-order valence-corrected chi connectivity index (χ2v) is 8.59. The topological polar surface area (TPSA) is 81.8 Å². The fourth-order valence-corrected chi connectivity index (χ4v) is 4.25. The minimum absolute atomic E-state index is 0.120. The van der Waals surface area contributed by atoms with Crippen LogP contribution in [0.4, 0.5) is 10.5 Å². The smallest absolute Gasteiger partial charge is 0.322 e. The Morgan fingerprint density at radius 2 is 1.70 bits per heavy atom. The molecule has 0 aromatic heterocycles. The van der Waals surface area contributed by atoms with Crippen molar-refractivity contribution < 1.29 is 19.0 Å². The van der Waals surface area contributed by atoms with E-state index in [-0.39, 0.29) is 19.0 Å². The number of hydrogen-bond donors (Lipinski definition) is 1. The molecule has 0 spiro atoms. The van der Waals surface area contributed by atoms with Crippen molar-refractivity contribution >= 4 is 35.5 Å². The molecule has 0 bridgehead atoms. The Kier molecular flexibility index (Phi) is 6.05. The van der Waals surface area contributed by atoms with Crippen LogP contribution in [0.5, 0.6) is 0 Å². The highest BCUT2D eigenvalue weighted by Crippen LogP contribution is 2.22. The molecule has 0 saturated heterocycles. The number of urea groups is 1. The van der Waals surface area contributed by atoms with Crippen LogP contribution in [0.15, 0.2) is 53.5 Å². The molecule has 0 fully saturated rings. The fourth-order valence-electron chi connectivity index (χ4n) is 4.25. The van der Waals surface area contributed by atoms with Gasteiger partial charge in [0.15, 0.2) is 6.54 Å². The number of carbonyl (C=O) groups is 3. The van der Waals surface area contributed by atoms with E-state index in [1.165, 1.54) is 9.48 Å². The number of fused-ring (bicyclic) bond motifs is 1. The Labute approximate surface area is 193 Å². The Morgan fingerprint density at radius 1 is 1.03 bits per heavy atom. The minimum atomic E-state index is -0.839. The Morgan fingerprint density at radius 3 is 2.36 bits per heavy atom. The molecular formula is C26H27N4O3+. The summed E-state index contributed by atoms with van der Waals surface area (Å²) in [6.07, 6.45) is 4.89. The molecule has 7 heteroatoms. The minimum Gasteiger partial charge on any atom is -0.322 e. The quantitative estimate of drug-likeness (QED) is 0.719. The number of aliphatic imine (C=N–C) groups is 1. The van der Waals surface area contributed by atoms with Crippen LogP contribution in [0.25, 0.3) is 0 Å². The van der Waals surface area contributed by atoms with Crippen molar-refractivity contribution in [3.05, 3.63) is 76.4 Å². The number of anilines is 1. The number of carbonyl (C=O) groups excluding carboxylic acids is 3. The largest absolute Gasteiger partial charge is 0.501 e. The van der Waals surface area contributed by atoms with Gasteiger partial charge in [0.05, 0.1) is 0 Å². The molecule has 168 valence electrons. The van der Waals surface area contributed by atoms with Crippen molar-refractivity contribution in [1.29, 1.82) is 0 Å². The Hall–Kier alpha value is -3.87. The summed E-state index contributed by atoms with van der Waals surface area (Å²) in [5, 5.41) is 2.94. The van der Waals surface area contributed by atoms with Crippen LogP contribution >= 0.6 is 0 Å². The number of rotatable bonds is 5. The number of allylic oxidation sites excluding steroid dienone is 1. The van der Waals surface area contributed by atoms with E-state index in [9.17, 15) is 14.4 Å². The lowest BCUT2D eigenvalue weighted by molar-refractivity contribution is -0.427.